The minimum Gasteiger partial charge on any atom is -0.489 e. The average molecular weight is 298 g/mol. The van der Waals surface area contributed by atoms with E-state index in [-0.39, 0.29) is 6.10 Å². The third-order valence-electron chi connectivity index (χ3n) is 3.01. The summed E-state index contributed by atoms with van der Waals surface area (Å²) < 4.78 is 7.01. The maximum atomic E-state index is 5.94. The van der Waals surface area contributed by atoms with Gasteiger partial charge in [-0.25, -0.2) is 0 Å². The molecule has 2 nitrogen and oxygen atoms in total. The predicted molar refractivity (Wildman–Crippen MR) is 74.6 cm³/mol. The van der Waals surface area contributed by atoms with Crippen molar-refractivity contribution in [3.8, 4) is 5.75 Å². The van der Waals surface area contributed by atoms with Gasteiger partial charge in [-0.2, -0.15) is 0 Å². The van der Waals surface area contributed by atoms with Gasteiger partial charge in [0.25, 0.3) is 0 Å². The van der Waals surface area contributed by atoms with Crippen LogP contribution in [-0.2, 0) is 0 Å². The Morgan fingerprint density at radius 1 is 1.41 bits per heavy atom. The molecule has 0 radical (unpaired) electrons. The van der Waals surface area contributed by atoms with Crippen LogP contribution in [0.1, 0.15) is 44.4 Å². The third-order valence-corrected chi connectivity index (χ3v) is 3.60. The third kappa shape index (κ3) is 2.83. The smallest absolute Gasteiger partial charge is 0.138 e. The van der Waals surface area contributed by atoms with E-state index in [0.717, 1.165) is 16.6 Å². The van der Waals surface area contributed by atoms with Gasteiger partial charge in [0.2, 0.25) is 0 Å². The van der Waals surface area contributed by atoms with Gasteiger partial charge in [0.1, 0.15) is 5.75 Å². The van der Waals surface area contributed by atoms with Crippen molar-refractivity contribution in [3.63, 3.8) is 0 Å². The molecule has 2 atom stereocenters. The number of hydrogen-bond donors (Lipinski definition) is 1. The number of hydrogen-bond acceptors (Lipinski definition) is 2. The van der Waals surface area contributed by atoms with Crippen molar-refractivity contribution < 1.29 is 4.74 Å². The van der Waals surface area contributed by atoms with Crippen molar-refractivity contribution in [2.24, 2.45) is 0 Å². The van der Waals surface area contributed by atoms with Crippen LogP contribution in [0.4, 0.5) is 0 Å². The second-order valence-electron chi connectivity index (χ2n) is 5.20. The Morgan fingerprint density at radius 2 is 2.12 bits per heavy atom. The molecule has 1 N–H and O–H groups in total. The van der Waals surface area contributed by atoms with Gasteiger partial charge in [-0.3, -0.25) is 0 Å². The van der Waals surface area contributed by atoms with Crippen LogP contribution in [0.15, 0.2) is 16.6 Å². The summed E-state index contributed by atoms with van der Waals surface area (Å²) in [5.41, 5.74) is 2.55. The van der Waals surface area contributed by atoms with Crippen molar-refractivity contribution in [3.05, 3.63) is 27.7 Å². The average Bonchev–Trinajstić information content (AvgIpc) is 2.19. The highest BCUT2D eigenvalue weighted by Gasteiger charge is 2.27. The van der Waals surface area contributed by atoms with E-state index in [1.807, 2.05) is 0 Å². The summed E-state index contributed by atoms with van der Waals surface area (Å²) in [5.74, 6) is 1.01. The maximum Gasteiger partial charge on any atom is 0.138 e. The lowest BCUT2D eigenvalue weighted by atomic mass is 9.95. The minimum absolute atomic E-state index is 0.262. The molecule has 1 aliphatic heterocycles. The number of rotatable bonds is 2. The summed E-state index contributed by atoms with van der Waals surface area (Å²) in [6, 6.07) is 5.22. The summed E-state index contributed by atoms with van der Waals surface area (Å²) in [6.45, 7) is 8.62. The van der Waals surface area contributed by atoms with Crippen molar-refractivity contribution in [1.29, 1.82) is 0 Å². The van der Waals surface area contributed by atoms with Gasteiger partial charge < -0.3 is 10.1 Å². The fraction of sp³-hybridized carbons (Fsp3) is 0.571. The molecular formula is C14H20BrNO. The number of fused-ring (bicyclic) bond motifs is 1. The summed E-state index contributed by atoms with van der Waals surface area (Å²) in [6.07, 6.45) is 1.29. The molecule has 17 heavy (non-hydrogen) atoms. The Kier molecular flexibility index (Phi) is 3.79. The maximum absolute atomic E-state index is 5.94. The van der Waals surface area contributed by atoms with Crippen molar-refractivity contribution in [1.82, 2.24) is 5.32 Å². The Hall–Kier alpha value is -0.540. The first-order valence-electron chi connectivity index (χ1n) is 6.20. The summed E-state index contributed by atoms with van der Waals surface area (Å²) in [4.78, 5) is 0. The van der Waals surface area contributed by atoms with Crippen LogP contribution in [0.2, 0.25) is 0 Å². The molecule has 1 aromatic carbocycles. The molecule has 0 amide bonds. The first-order chi connectivity index (χ1) is 7.97. The van der Waals surface area contributed by atoms with Crippen LogP contribution < -0.4 is 10.1 Å². The largest absolute Gasteiger partial charge is 0.489 e. The topological polar surface area (TPSA) is 21.3 Å². The molecule has 0 aromatic heterocycles. The first-order valence-corrected chi connectivity index (χ1v) is 6.99. The lowest BCUT2D eigenvalue weighted by Gasteiger charge is -2.33. The fourth-order valence-electron chi connectivity index (χ4n) is 2.41. The molecule has 94 valence electrons. The van der Waals surface area contributed by atoms with Crippen LogP contribution in [0, 0.1) is 6.92 Å². The fourth-order valence-corrected chi connectivity index (χ4v) is 3.09. The molecule has 0 bridgehead atoms. The highest BCUT2D eigenvalue weighted by molar-refractivity contribution is 9.10. The lowest BCUT2D eigenvalue weighted by molar-refractivity contribution is 0.162. The van der Waals surface area contributed by atoms with E-state index in [1.54, 1.807) is 0 Å². The van der Waals surface area contributed by atoms with Gasteiger partial charge in [-0.1, -0.05) is 19.9 Å². The zero-order chi connectivity index (χ0) is 12.6. The molecule has 3 heteroatoms. The van der Waals surface area contributed by atoms with E-state index in [1.165, 1.54) is 11.1 Å². The molecule has 2 unspecified atom stereocenters. The predicted octanol–water partition coefficient (Wildman–Crippen LogP) is 3.97. The summed E-state index contributed by atoms with van der Waals surface area (Å²) in [7, 11) is 0. The van der Waals surface area contributed by atoms with Crippen LogP contribution in [0.25, 0.3) is 0 Å². The second kappa shape index (κ2) is 4.99. The lowest BCUT2D eigenvalue weighted by Crippen LogP contribution is -2.35. The zero-order valence-electron chi connectivity index (χ0n) is 10.9. The van der Waals surface area contributed by atoms with Crippen molar-refractivity contribution >= 4 is 15.9 Å². The quantitative estimate of drug-likeness (QED) is 0.892. The second-order valence-corrected chi connectivity index (χ2v) is 6.06. The van der Waals surface area contributed by atoms with Gasteiger partial charge in [-0.05, 0) is 41.4 Å². The Bertz CT molecular complexity index is 417. The zero-order valence-corrected chi connectivity index (χ0v) is 12.5. The molecule has 0 aliphatic carbocycles. The van der Waals surface area contributed by atoms with E-state index < -0.39 is 0 Å². The Morgan fingerprint density at radius 3 is 2.76 bits per heavy atom. The number of benzene rings is 1. The first kappa shape index (κ1) is 12.9. The van der Waals surface area contributed by atoms with E-state index in [4.69, 9.17) is 4.74 Å². The number of nitrogens with one attached hydrogen (secondary N) is 1. The van der Waals surface area contributed by atoms with Gasteiger partial charge in [0.05, 0.1) is 10.6 Å². The highest BCUT2D eigenvalue weighted by atomic mass is 79.9. The van der Waals surface area contributed by atoms with Gasteiger partial charge in [0, 0.05) is 24.1 Å². The number of ether oxygens (including phenoxy) is 1. The molecular weight excluding hydrogens is 278 g/mol. The van der Waals surface area contributed by atoms with E-state index in [0.29, 0.717) is 12.1 Å². The van der Waals surface area contributed by atoms with Gasteiger partial charge in [0.15, 0.2) is 0 Å². The molecule has 0 saturated carbocycles. The van der Waals surface area contributed by atoms with E-state index >= 15 is 0 Å². The van der Waals surface area contributed by atoms with Gasteiger partial charge >= 0.3 is 0 Å². The molecule has 1 heterocycles. The molecule has 1 aromatic rings. The van der Waals surface area contributed by atoms with Crippen molar-refractivity contribution in [2.45, 2.75) is 52.3 Å². The molecule has 0 spiro atoms. The number of aryl methyl sites for hydroxylation is 1. The standard InChI is InChI=1S/C14H20BrNO/c1-8(2)16-13-7-10(4)17-14-11(13)5-9(3)6-12(14)15/h5-6,8,10,13,16H,7H2,1-4H3. The van der Waals surface area contributed by atoms with Crippen LogP contribution in [-0.4, -0.2) is 12.1 Å². The van der Waals surface area contributed by atoms with Crippen LogP contribution in [0.5, 0.6) is 5.75 Å². The summed E-state index contributed by atoms with van der Waals surface area (Å²) in [5, 5.41) is 3.62. The summed E-state index contributed by atoms with van der Waals surface area (Å²) >= 11 is 3.60. The monoisotopic (exact) mass is 297 g/mol. The van der Waals surface area contributed by atoms with Gasteiger partial charge in [-0.15, -0.1) is 0 Å². The van der Waals surface area contributed by atoms with E-state index in [9.17, 15) is 0 Å². The SMILES string of the molecule is Cc1cc(Br)c2c(c1)C(NC(C)C)CC(C)O2. The van der Waals surface area contributed by atoms with Crippen LogP contribution >= 0.6 is 15.9 Å². The minimum atomic E-state index is 0.262. The Labute approximate surface area is 112 Å². The number of halogens is 1. The molecule has 1 aliphatic rings. The molecule has 0 saturated heterocycles. The molecule has 2 rings (SSSR count). The normalized spacial score (nSPS) is 23.4. The van der Waals surface area contributed by atoms with Crippen molar-refractivity contribution in [2.75, 3.05) is 0 Å². The Balaban J connectivity index is 2.41. The molecule has 0 fully saturated rings. The van der Waals surface area contributed by atoms with Crippen LogP contribution in [0.3, 0.4) is 0 Å². The van der Waals surface area contributed by atoms with E-state index in [2.05, 4.69) is 61.1 Å². The highest BCUT2D eigenvalue weighted by Crippen LogP contribution is 2.40.